The highest BCUT2D eigenvalue weighted by Gasteiger charge is 2.55. The van der Waals surface area contributed by atoms with Crippen molar-refractivity contribution in [1.29, 1.82) is 0 Å². The Labute approximate surface area is 183 Å². The summed E-state index contributed by atoms with van der Waals surface area (Å²) in [5.74, 6) is -0.913. The molecule has 1 aromatic heterocycles. The summed E-state index contributed by atoms with van der Waals surface area (Å²) in [4.78, 5) is 53.1. The lowest BCUT2D eigenvalue weighted by molar-refractivity contribution is -0.136. The number of carbonyl (C=O) groups is 4. The summed E-state index contributed by atoms with van der Waals surface area (Å²) in [6.07, 6.45) is 5.89. The summed E-state index contributed by atoms with van der Waals surface area (Å²) in [6, 6.07) is 8.51. The number of hydrogen-bond acceptors (Lipinski definition) is 5. The minimum atomic E-state index is -0.812. The monoisotopic (exact) mass is 437 g/mol. The van der Waals surface area contributed by atoms with Crippen LogP contribution >= 0.6 is 11.3 Å². The molecular weight excluding hydrogens is 414 g/mol. The van der Waals surface area contributed by atoms with Crippen molar-refractivity contribution in [3.8, 4) is 0 Å². The number of thiophene rings is 1. The normalized spacial score (nSPS) is 19.0. The van der Waals surface area contributed by atoms with E-state index in [0.29, 0.717) is 29.0 Å². The molecule has 1 aliphatic heterocycles. The van der Waals surface area contributed by atoms with Crippen LogP contribution in [-0.4, -0.2) is 40.6 Å². The molecule has 2 heterocycles. The summed E-state index contributed by atoms with van der Waals surface area (Å²) in [5.41, 5.74) is 1.33. The van der Waals surface area contributed by atoms with Crippen molar-refractivity contribution in [3.05, 3.63) is 51.9 Å². The maximum Gasteiger partial charge on any atom is 0.325 e. The molecule has 1 aromatic carbocycles. The first-order valence-electron chi connectivity index (χ1n) is 10.7. The van der Waals surface area contributed by atoms with Crippen molar-refractivity contribution in [2.24, 2.45) is 0 Å². The average molecular weight is 438 g/mol. The summed E-state index contributed by atoms with van der Waals surface area (Å²) < 4.78 is 0. The molecule has 2 fully saturated rings. The second-order valence-corrected chi connectivity index (χ2v) is 9.52. The van der Waals surface area contributed by atoms with Crippen molar-refractivity contribution in [2.75, 3.05) is 11.9 Å². The summed E-state index contributed by atoms with van der Waals surface area (Å²) in [6.45, 7) is -0.353. The van der Waals surface area contributed by atoms with Crippen molar-refractivity contribution in [2.45, 2.75) is 50.5 Å². The topological polar surface area (TPSA) is 95.6 Å². The predicted octanol–water partition coefficient (Wildman–Crippen LogP) is 3.27. The molecule has 0 atom stereocenters. The van der Waals surface area contributed by atoms with E-state index in [0.717, 1.165) is 47.4 Å². The lowest BCUT2D eigenvalue weighted by Crippen LogP contribution is -2.52. The highest BCUT2D eigenvalue weighted by atomic mass is 32.1. The van der Waals surface area contributed by atoms with Crippen LogP contribution < -0.4 is 10.6 Å². The number of nitrogens with one attached hydrogen (secondary N) is 2. The molecule has 0 radical (unpaired) electrons. The van der Waals surface area contributed by atoms with E-state index in [1.54, 1.807) is 12.1 Å². The fourth-order valence-electron chi connectivity index (χ4n) is 4.63. The third kappa shape index (κ3) is 3.35. The predicted molar refractivity (Wildman–Crippen MR) is 116 cm³/mol. The lowest BCUT2D eigenvalue weighted by atomic mass is 9.77. The number of urea groups is 1. The van der Waals surface area contributed by atoms with Crippen LogP contribution in [0.4, 0.5) is 9.80 Å². The van der Waals surface area contributed by atoms with Crippen molar-refractivity contribution < 1.29 is 19.2 Å². The Hall–Kier alpha value is -3.00. The molecule has 1 spiro atoms. The van der Waals surface area contributed by atoms with Crippen LogP contribution in [0.3, 0.4) is 0 Å². The second kappa shape index (κ2) is 7.60. The number of aryl methyl sites for hydroxylation is 1. The number of imide groups is 1. The van der Waals surface area contributed by atoms with Gasteiger partial charge in [0.2, 0.25) is 5.91 Å². The summed E-state index contributed by atoms with van der Waals surface area (Å²) in [5, 5.41) is 6.08. The third-order valence-electron chi connectivity index (χ3n) is 6.44. The first-order chi connectivity index (χ1) is 15.0. The fraction of sp³-hybridized carbons (Fsp3) is 0.391. The Kier molecular flexibility index (Phi) is 4.89. The number of nitrogens with zero attached hydrogens (tertiary/aromatic N) is 1. The van der Waals surface area contributed by atoms with E-state index in [9.17, 15) is 19.2 Å². The van der Waals surface area contributed by atoms with Gasteiger partial charge in [0, 0.05) is 10.4 Å². The molecule has 2 aliphatic carbocycles. The van der Waals surface area contributed by atoms with E-state index in [1.165, 1.54) is 11.3 Å². The van der Waals surface area contributed by atoms with Gasteiger partial charge in [0.25, 0.3) is 5.91 Å². The van der Waals surface area contributed by atoms with E-state index in [1.807, 2.05) is 18.2 Å². The van der Waals surface area contributed by atoms with Gasteiger partial charge < -0.3 is 10.6 Å². The Morgan fingerprint density at radius 3 is 2.48 bits per heavy atom. The molecule has 160 valence electrons. The number of carbonyl (C=O) groups excluding carboxylic acids is 4. The number of fused-ring (bicyclic) bond motifs is 1. The molecule has 5 rings (SSSR count). The smallest absolute Gasteiger partial charge is 0.323 e. The zero-order valence-electron chi connectivity index (χ0n) is 17.0. The van der Waals surface area contributed by atoms with E-state index in [4.69, 9.17) is 0 Å². The number of amides is 4. The van der Waals surface area contributed by atoms with Crippen LogP contribution in [0.15, 0.2) is 30.3 Å². The Bertz CT molecular complexity index is 1090. The van der Waals surface area contributed by atoms with Gasteiger partial charge in [0.05, 0.1) is 5.56 Å². The van der Waals surface area contributed by atoms with Crippen LogP contribution in [0, 0.1) is 0 Å². The van der Waals surface area contributed by atoms with Gasteiger partial charge in [-0.3, -0.25) is 19.3 Å². The molecule has 3 aliphatic rings. The first-order valence-corrected chi connectivity index (χ1v) is 11.5. The van der Waals surface area contributed by atoms with Gasteiger partial charge in [-0.15, -0.1) is 11.3 Å². The van der Waals surface area contributed by atoms with Gasteiger partial charge in [0.1, 0.15) is 17.1 Å². The molecule has 2 N–H and O–H groups in total. The van der Waals surface area contributed by atoms with Gasteiger partial charge in [-0.1, -0.05) is 30.3 Å². The second-order valence-electron chi connectivity index (χ2n) is 8.42. The van der Waals surface area contributed by atoms with Crippen LogP contribution in [0.25, 0.3) is 0 Å². The minimum absolute atomic E-state index is 0.112. The SMILES string of the molecule is O=C(CN1C(=O)NC2(CCC2)C1=O)Nc1sc2c(c1C(=O)c1ccccc1)CCCC2. The highest BCUT2D eigenvalue weighted by Crippen LogP contribution is 2.40. The molecule has 7 nitrogen and oxygen atoms in total. The molecule has 0 unspecified atom stereocenters. The number of anilines is 1. The van der Waals surface area contributed by atoms with Gasteiger partial charge >= 0.3 is 6.03 Å². The van der Waals surface area contributed by atoms with Crippen molar-refractivity contribution in [3.63, 3.8) is 0 Å². The molecule has 8 heteroatoms. The fourth-order valence-corrected chi connectivity index (χ4v) is 5.93. The summed E-state index contributed by atoms with van der Waals surface area (Å²) in [7, 11) is 0. The Morgan fingerprint density at radius 2 is 1.81 bits per heavy atom. The Balaban J connectivity index is 1.39. The van der Waals surface area contributed by atoms with Crippen LogP contribution in [0.5, 0.6) is 0 Å². The third-order valence-corrected chi connectivity index (χ3v) is 7.65. The van der Waals surface area contributed by atoms with Crippen LogP contribution in [0.1, 0.15) is 58.5 Å². The molecule has 2 aromatic rings. The Morgan fingerprint density at radius 1 is 1.06 bits per heavy atom. The maximum absolute atomic E-state index is 13.3. The van der Waals surface area contributed by atoms with Gasteiger partial charge in [-0.05, 0) is 50.5 Å². The number of hydrogen-bond donors (Lipinski definition) is 2. The maximum atomic E-state index is 13.3. The van der Waals surface area contributed by atoms with Gasteiger partial charge in [-0.25, -0.2) is 4.79 Å². The number of benzene rings is 1. The van der Waals surface area contributed by atoms with Crippen molar-refractivity contribution in [1.82, 2.24) is 10.2 Å². The molecular formula is C23H23N3O4S. The quantitative estimate of drug-likeness (QED) is 0.554. The highest BCUT2D eigenvalue weighted by molar-refractivity contribution is 7.17. The largest absolute Gasteiger partial charge is 0.325 e. The minimum Gasteiger partial charge on any atom is -0.323 e. The standard InChI is InChI=1S/C23H23N3O4S/c27-17(13-26-21(29)23(11-6-12-23)25-22(26)30)24-20-18(15-9-4-5-10-16(15)31-20)19(28)14-7-2-1-3-8-14/h1-3,7-8H,4-6,9-13H2,(H,24,27)(H,25,30). The molecule has 31 heavy (non-hydrogen) atoms. The van der Waals surface area contributed by atoms with Crippen LogP contribution in [-0.2, 0) is 22.4 Å². The van der Waals surface area contributed by atoms with Crippen LogP contribution in [0.2, 0.25) is 0 Å². The van der Waals surface area contributed by atoms with E-state index < -0.39 is 17.5 Å². The van der Waals surface area contributed by atoms with E-state index >= 15 is 0 Å². The molecule has 1 saturated carbocycles. The molecule has 1 saturated heterocycles. The lowest BCUT2D eigenvalue weighted by Gasteiger charge is -2.34. The van der Waals surface area contributed by atoms with Gasteiger partial charge in [0.15, 0.2) is 5.78 Å². The zero-order valence-corrected chi connectivity index (χ0v) is 17.8. The van der Waals surface area contributed by atoms with Gasteiger partial charge in [-0.2, -0.15) is 0 Å². The number of rotatable bonds is 5. The number of ketones is 1. The molecule has 0 bridgehead atoms. The first kappa shape index (κ1) is 19.9. The van der Waals surface area contributed by atoms with Crippen molar-refractivity contribution >= 4 is 40.0 Å². The average Bonchev–Trinajstić information content (AvgIpc) is 3.23. The summed E-state index contributed by atoms with van der Waals surface area (Å²) >= 11 is 1.43. The van der Waals surface area contributed by atoms with E-state index in [-0.39, 0.29) is 18.2 Å². The van der Waals surface area contributed by atoms with E-state index in [2.05, 4.69) is 10.6 Å². The zero-order chi connectivity index (χ0) is 21.6. The molecule has 4 amide bonds.